The van der Waals surface area contributed by atoms with E-state index in [0.29, 0.717) is 19.3 Å². The maximum absolute atomic E-state index is 12.9. The summed E-state index contributed by atoms with van der Waals surface area (Å²) in [6.45, 7) is 2.02. The molecule has 5 heteroatoms. The number of nitrogens with zero attached hydrogens (tertiary/aromatic N) is 1. The lowest BCUT2D eigenvalue weighted by Crippen LogP contribution is -2.06. The minimum Gasteiger partial charge on any atom is -0.361 e. The Morgan fingerprint density at radius 3 is 2.50 bits per heavy atom. The lowest BCUT2D eigenvalue weighted by Gasteiger charge is -2.18. The number of aryl methyl sites for hydroxylation is 1. The van der Waals surface area contributed by atoms with E-state index in [-0.39, 0.29) is 5.92 Å². The SMILES string of the molecule is Cc1cccc2c(C(CCCC#N)c3ccc(C(F)(F)F)cc3)c[nH]c12. The molecule has 1 unspecified atom stereocenters. The number of hydrogen-bond acceptors (Lipinski definition) is 1. The number of para-hydroxylation sites is 1. The quantitative estimate of drug-likeness (QED) is 0.534. The van der Waals surface area contributed by atoms with Crippen LogP contribution in [-0.2, 0) is 6.18 Å². The highest BCUT2D eigenvalue weighted by Crippen LogP contribution is 2.37. The van der Waals surface area contributed by atoms with Crippen molar-refractivity contribution in [2.75, 3.05) is 0 Å². The maximum atomic E-state index is 12.9. The summed E-state index contributed by atoms with van der Waals surface area (Å²) >= 11 is 0. The first-order chi connectivity index (χ1) is 12.4. The highest BCUT2D eigenvalue weighted by molar-refractivity contribution is 5.86. The number of fused-ring (bicyclic) bond motifs is 1. The van der Waals surface area contributed by atoms with E-state index in [1.54, 1.807) is 12.1 Å². The highest BCUT2D eigenvalue weighted by atomic mass is 19.4. The molecule has 0 amide bonds. The van der Waals surface area contributed by atoms with Crippen LogP contribution < -0.4 is 0 Å². The zero-order valence-corrected chi connectivity index (χ0v) is 14.4. The second-order valence-corrected chi connectivity index (χ2v) is 6.46. The fourth-order valence-corrected chi connectivity index (χ4v) is 3.41. The van der Waals surface area contributed by atoms with Crippen molar-refractivity contribution >= 4 is 10.9 Å². The van der Waals surface area contributed by atoms with Crippen molar-refractivity contribution in [2.24, 2.45) is 0 Å². The zero-order valence-electron chi connectivity index (χ0n) is 14.4. The normalized spacial score (nSPS) is 12.9. The van der Waals surface area contributed by atoms with E-state index in [1.807, 2.05) is 31.3 Å². The monoisotopic (exact) mass is 356 g/mol. The molecule has 0 fully saturated rings. The molecule has 2 aromatic carbocycles. The van der Waals surface area contributed by atoms with Gasteiger partial charge in [0.25, 0.3) is 0 Å². The van der Waals surface area contributed by atoms with E-state index in [2.05, 4.69) is 11.1 Å². The lowest BCUT2D eigenvalue weighted by atomic mass is 9.86. The molecule has 0 bridgehead atoms. The van der Waals surface area contributed by atoms with Gasteiger partial charge in [-0.2, -0.15) is 18.4 Å². The van der Waals surface area contributed by atoms with Crippen LogP contribution in [0, 0.1) is 18.3 Å². The Bertz CT molecular complexity index is 931. The van der Waals surface area contributed by atoms with Gasteiger partial charge in [0.1, 0.15) is 0 Å². The lowest BCUT2D eigenvalue weighted by molar-refractivity contribution is -0.137. The number of rotatable bonds is 5. The minimum absolute atomic E-state index is 0.0545. The Balaban J connectivity index is 2.02. The molecule has 2 nitrogen and oxygen atoms in total. The third-order valence-electron chi connectivity index (χ3n) is 4.75. The van der Waals surface area contributed by atoms with Crippen molar-refractivity contribution in [3.8, 4) is 6.07 Å². The number of nitrogens with one attached hydrogen (secondary N) is 1. The summed E-state index contributed by atoms with van der Waals surface area (Å²) in [5.74, 6) is -0.0545. The molecular weight excluding hydrogens is 337 g/mol. The first-order valence-corrected chi connectivity index (χ1v) is 8.52. The van der Waals surface area contributed by atoms with Gasteiger partial charge in [0, 0.05) is 29.4 Å². The summed E-state index contributed by atoms with van der Waals surface area (Å²) in [7, 11) is 0. The molecule has 0 saturated carbocycles. The molecular formula is C21H19F3N2. The summed E-state index contributed by atoms with van der Waals surface area (Å²) in [6, 6.07) is 13.5. The van der Waals surface area contributed by atoms with Gasteiger partial charge >= 0.3 is 6.18 Å². The Labute approximate surface area is 150 Å². The molecule has 0 spiro atoms. The van der Waals surface area contributed by atoms with Crippen molar-refractivity contribution in [1.29, 1.82) is 5.26 Å². The number of benzene rings is 2. The minimum atomic E-state index is -4.34. The topological polar surface area (TPSA) is 39.6 Å². The largest absolute Gasteiger partial charge is 0.416 e. The van der Waals surface area contributed by atoms with Crippen LogP contribution in [0.15, 0.2) is 48.7 Å². The molecule has 1 atom stereocenters. The van der Waals surface area contributed by atoms with Gasteiger partial charge in [0.2, 0.25) is 0 Å². The molecule has 0 aliphatic rings. The van der Waals surface area contributed by atoms with Crippen molar-refractivity contribution < 1.29 is 13.2 Å². The van der Waals surface area contributed by atoms with Gasteiger partial charge in [0.05, 0.1) is 11.6 Å². The number of H-pyrrole nitrogens is 1. The van der Waals surface area contributed by atoms with E-state index < -0.39 is 11.7 Å². The van der Waals surface area contributed by atoms with Crippen LogP contribution in [0.4, 0.5) is 13.2 Å². The molecule has 0 aliphatic heterocycles. The average Bonchev–Trinajstić information content (AvgIpc) is 3.03. The summed E-state index contributed by atoms with van der Waals surface area (Å²) in [4.78, 5) is 3.29. The molecule has 0 radical (unpaired) electrons. The van der Waals surface area contributed by atoms with Crippen molar-refractivity contribution in [3.63, 3.8) is 0 Å². The van der Waals surface area contributed by atoms with Crippen LogP contribution in [0.5, 0.6) is 0 Å². The maximum Gasteiger partial charge on any atom is 0.416 e. The molecule has 1 heterocycles. The number of nitriles is 1. The first kappa shape index (κ1) is 18.1. The molecule has 0 aliphatic carbocycles. The van der Waals surface area contributed by atoms with Crippen LogP contribution in [0.2, 0.25) is 0 Å². The van der Waals surface area contributed by atoms with E-state index in [4.69, 9.17) is 5.26 Å². The third kappa shape index (κ3) is 3.60. The van der Waals surface area contributed by atoms with Crippen molar-refractivity contribution in [2.45, 2.75) is 38.3 Å². The van der Waals surface area contributed by atoms with Gasteiger partial charge < -0.3 is 4.98 Å². The standard InChI is InChI=1S/C21H19F3N2/c1-14-5-4-7-18-19(13-26-20(14)18)17(6-2-3-12-25)15-8-10-16(11-9-15)21(22,23)24/h4-5,7-11,13,17,26H,2-3,6H2,1H3. The van der Waals surface area contributed by atoms with Gasteiger partial charge in [-0.1, -0.05) is 30.3 Å². The number of alkyl halides is 3. The van der Waals surface area contributed by atoms with Crippen LogP contribution in [0.1, 0.15) is 47.4 Å². The van der Waals surface area contributed by atoms with Crippen LogP contribution in [0.3, 0.4) is 0 Å². The fraction of sp³-hybridized carbons (Fsp3) is 0.286. The van der Waals surface area contributed by atoms with Gasteiger partial charge in [-0.3, -0.25) is 0 Å². The summed E-state index contributed by atoms with van der Waals surface area (Å²) < 4.78 is 38.6. The fourth-order valence-electron chi connectivity index (χ4n) is 3.41. The molecule has 26 heavy (non-hydrogen) atoms. The molecule has 1 N–H and O–H groups in total. The van der Waals surface area contributed by atoms with E-state index in [9.17, 15) is 13.2 Å². The highest BCUT2D eigenvalue weighted by Gasteiger charge is 2.30. The van der Waals surface area contributed by atoms with Crippen molar-refractivity contribution in [1.82, 2.24) is 4.98 Å². The van der Waals surface area contributed by atoms with E-state index in [0.717, 1.165) is 39.7 Å². The smallest absolute Gasteiger partial charge is 0.361 e. The van der Waals surface area contributed by atoms with Gasteiger partial charge in [-0.15, -0.1) is 0 Å². The predicted octanol–water partition coefficient (Wildman–Crippen LogP) is 6.32. The van der Waals surface area contributed by atoms with Crippen LogP contribution >= 0.6 is 0 Å². The first-order valence-electron chi connectivity index (χ1n) is 8.52. The molecule has 0 saturated heterocycles. The number of unbranched alkanes of at least 4 members (excludes halogenated alkanes) is 1. The van der Waals surface area contributed by atoms with Crippen LogP contribution in [-0.4, -0.2) is 4.98 Å². The van der Waals surface area contributed by atoms with Gasteiger partial charge in [-0.05, 0) is 48.6 Å². The number of aromatic amines is 1. The molecule has 1 aromatic heterocycles. The Morgan fingerprint density at radius 2 is 1.85 bits per heavy atom. The Hall–Kier alpha value is -2.74. The Kier molecular flexibility index (Phi) is 5.03. The second-order valence-electron chi connectivity index (χ2n) is 6.46. The predicted molar refractivity (Wildman–Crippen MR) is 95.8 cm³/mol. The zero-order chi connectivity index (χ0) is 18.7. The summed E-state index contributed by atoms with van der Waals surface area (Å²) in [6.07, 6.45) is -0.571. The van der Waals surface area contributed by atoms with Gasteiger partial charge in [0.15, 0.2) is 0 Å². The molecule has 134 valence electrons. The number of hydrogen-bond donors (Lipinski definition) is 1. The Morgan fingerprint density at radius 1 is 1.12 bits per heavy atom. The molecule has 3 aromatic rings. The van der Waals surface area contributed by atoms with Crippen LogP contribution in [0.25, 0.3) is 10.9 Å². The summed E-state index contributed by atoms with van der Waals surface area (Å²) in [5, 5.41) is 9.91. The van der Waals surface area contributed by atoms with Gasteiger partial charge in [-0.25, -0.2) is 0 Å². The number of halogens is 3. The van der Waals surface area contributed by atoms with E-state index in [1.165, 1.54) is 0 Å². The second kappa shape index (κ2) is 7.25. The third-order valence-corrected chi connectivity index (χ3v) is 4.75. The number of aromatic nitrogens is 1. The molecule has 3 rings (SSSR count). The summed E-state index contributed by atoms with van der Waals surface area (Å²) in [5.41, 5.74) is 3.41. The van der Waals surface area contributed by atoms with E-state index >= 15 is 0 Å². The van der Waals surface area contributed by atoms with Crippen molar-refractivity contribution in [3.05, 3.63) is 70.9 Å². The average molecular weight is 356 g/mol.